The van der Waals surface area contributed by atoms with Crippen molar-refractivity contribution in [2.75, 3.05) is 26.7 Å². The number of ether oxygens (including phenoxy) is 1. The van der Waals surface area contributed by atoms with Gasteiger partial charge in [0.25, 0.3) is 12.4 Å². The summed E-state index contributed by atoms with van der Waals surface area (Å²) in [5.74, 6) is 1.25. The summed E-state index contributed by atoms with van der Waals surface area (Å²) < 4.78 is 10.6. The molecule has 0 spiro atoms. The summed E-state index contributed by atoms with van der Waals surface area (Å²) in [6.45, 7) is 1.47. The number of halogens is 1. The number of nitrogens with zero attached hydrogens (tertiary/aromatic N) is 2. The Labute approximate surface area is 236 Å². The van der Waals surface area contributed by atoms with Crippen molar-refractivity contribution in [1.29, 1.82) is 0 Å². The van der Waals surface area contributed by atoms with Crippen molar-refractivity contribution >= 4 is 36.0 Å². The molecule has 1 aliphatic carbocycles. The van der Waals surface area contributed by atoms with E-state index in [1.807, 2.05) is 29.2 Å². The zero-order valence-electron chi connectivity index (χ0n) is 21.9. The van der Waals surface area contributed by atoms with Gasteiger partial charge in [0.2, 0.25) is 5.91 Å². The number of hydrogen-bond donors (Lipinski definition) is 3. The Balaban J connectivity index is 0.00000118. The topological polar surface area (TPSA) is 142 Å². The molecular weight excluding hydrogens is 538 g/mol. The molecule has 0 unspecified atom stereocenters. The van der Waals surface area contributed by atoms with Gasteiger partial charge in [-0.15, -0.1) is 0 Å². The summed E-state index contributed by atoms with van der Waals surface area (Å²) in [5, 5.41) is 23.8. The molecule has 2 aromatic carbocycles. The molecule has 2 heterocycles. The van der Waals surface area contributed by atoms with Gasteiger partial charge in [0.1, 0.15) is 11.5 Å². The third-order valence-corrected chi connectivity index (χ3v) is 7.79. The van der Waals surface area contributed by atoms with Crippen LogP contribution in [0, 0.1) is 11.3 Å². The van der Waals surface area contributed by atoms with Gasteiger partial charge in [0, 0.05) is 42.8 Å². The van der Waals surface area contributed by atoms with Gasteiger partial charge in [0.15, 0.2) is 11.5 Å². The highest BCUT2D eigenvalue weighted by atomic mass is 35.5. The lowest BCUT2D eigenvalue weighted by atomic mass is 9.80. The minimum absolute atomic E-state index is 0.0763. The van der Waals surface area contributed by atoms with Crippen LogP contribution in [0.4, 0.5) is 0 Å². The number of methoxy groups -OCH3 is 1. The van der Waals surface area contributed by atoms with Gasteiger partial charge in [-0.1, -0.05) is 23.2 Å². The molecule has 2 amide bonds. The molecule has 210 valence electrons. The normalized spacial score (nSPS) is 19.6. The largest absolute Gasteiger partial charge is 0.508 e. The minimum atomic E-state index is -0.296. The molecule has 3 aromatic rings. The molecule has 5 rings (SSSR count). The van der Waals surface area contributed by atoms with E-state index in [1.165, 1.54) is 18.2 Å². The summed E-state index contributed by atoms with van der Waals surface area (Å²) in [5.41, 5.74) is 1.53. The average Bonchev–Trinajstić information content (AvgIpc) is 3.67. The number of aromatic hydroxyl groups is 1. The molecule has 2 fully saturated rings. The predicted octanol–water partition coefficient (Wildman–Crippen LogP) is 4.48. The molecule has 0 bridgehead atoms. The second kappa shape index (κ2) is 12.7. The van der Waals surface area contributed by atoms with E-state index in [0.717, 1.165) is 30.6 Å². The van der Waals surface area contributed by atoms with Crippen LogP contribution in [0.5, 0.6) is 11.5 Å². The number of amides is 2. The number of fused-ring (bicyclic) bond motifs is 1. The van der Waals surface area contributed by atoms with E-state index in [0.29, 0.717) is 41.9 Å². The van der Waals surface area contributed by atoms with Crippen molar-refractivity contribution in [3.63, 3.8) is 0 Å². The highest BCUT2D eigenvalue weighted by molar-refractivity contribution is 6.32. The quantitative estimate of drug-likeness (QED) is 0.280. The Bertz CT molecular complexity index is 1390. The number of phenols is 1. The zero-order valence-corrected chi connectivity index (χ0v) is 22.6. The van der Waals surface area contributed by atoms with Crippen LogP contribution in [-0.4, -0.2) is 65.3 Å². The van der Waals surface area contributed by atoms with Gasteiger partial charge in [-0.05, 0) is 72.9 Å². The third-order valence-electron chi connectivity index (χ3n) is 7.46. The van der Waals surface area contributed by atoms with E-state index in [1.54, 1.807) is 25.3 Å². The van der Waals surface area contributed by atoms with E-state index < -0.39 is 0 Å². The maximum atomic E-state index is 12.9. The molecular formula is C29H30ClN3O7. The lowest BCUT2D eigenvalue weighted by molar-refractivity contribution is -0.125. The van der Waals surface area contributed by atoms with Gasteiger partial charge in [-0.2, -0.15) is 0 Å². The van der Waals surface area contributed by atoms with Crippen molar-refractivity contribution in [1.82, 2.24) is 15.4 Å². The molecule has 40 heavy (non-hydrogen) atoms. The highest BCUT2D eigenvalue weighted by Crippen LogP contribution is 2.48. The number of benzene rings is 2. The lowest BCUT2D eigenvalue weighted by Gasteiger charge is -2.28. The van der Waals surface area contributed by atoms with Crippen LogP contribution in [0.3, 0.4) is 0 Å². The van der Waals surface area contributed by atoms with Crippen molar-refractivity contribution in [3.8, 4) is 22.8 Å². The second-order valence-corrected chi connectivity index (χ2v) is 10.2. The van der Waals surface area contributed by atoms with Crippen LogP contribution in [-0.2, 0) is 9.59 Å². The fraction of sp³-hybridized carbons (Fsp3) is 0.310. The molecule has 1 saturated heterocycles. The van der Waals surface area contributed by atoms with Crippen molar-refractivity contribution in [3.05, 3.63) is 70.9 Å². The Morgan fingerprint density at radius 1 is 1.25 bits per heavy atom. The monoisotopic (exact) mass is 567 g/mol. The number of nitrogens with one attached hydrogen (secondary N) is 1. The van der Waals surface area contributed by atoms with Crippen LogP contribution >= 0.6 is 11.6 Å². The Hall–Kier alpha value is -4.31. The summed E-state index contributed by atoms with van der Waals surface area (Å²) in [7, 11) is 1.60. The van der Waals surface area contributed by atoms with Crippen molar-refractivity contribution in [2.45, 2.75) is 19.3 Å². The molecule has 1 saturated carbocycles. The summed E-state index contributed by atoms with van der Waals surface area (Å²) >= 11 is 6.15. The fourth-order valence-electron chi connectivity index (χ4n) is 5.41. The number of carbonyl (C=O) groups is 3. The van der Waals surface area contributed by atoms with Crippen LogP contribution < -0.4 is 10.1 Å². The molecule has 2 atom stereocenters. The number of hydrogen-bond acceptors (Lipinski definition) is 7. The van der Waals surface area contributed by atoms with E-state index in [2.05, 4.69) is 10.5 Å². The molecule has 1 aromatic heterocycles. The number of aromatic nitrogens is 1. The fourth-order valence-corrected chi connectivity index (χ4v) is 5.65. The maximum absolute atomic E-state index is 12.9. The Morgan fingerprint density at radius 3 is 2.70 bits per heavy atom. The smallest absolute Gasteiger partial charge is 0.290 e. The second-order valence-electron chi connectivity index (χ2n) is 9.80. The molecule has 10 nitrogen and oxygen atoms in total. The van der Waals surface area contributed by atoms with Crippen LogP contribution in [0.25, 0.3) is 17.4 Å². The summed E-state index contributed by atoms with van der Waals surface area (Å²) in [6, 6.07) is 13.6. The first-order valence-electron chi connectivity index (χ1n) is 12.7. The van der Waals surface area contributed by atoms with Gasteiger partial charge < -0.3 is 29.7 Å². The minimum Gasteiger partial charge on any atom is -0.508 e. The van der Waals surface area contributed by atoms with E-state index in [9.17, 15) is 14.7 Å². The predicted molar refractivity (Wildman–Crippen MR) is 148 cm³/mol. The average molecular weight is 568 g/mol. The summed E-state index contributed by atoms with van der Waals surface area (Å²) in [6.07, 6.45) is 6.23. The first-order valence-corrected chi connectivity index (χ1v) is 13.1. The Kier molecular flexibility index (Phi) is 9.11. The van der Waals surface area contributed by atoms with Crippen molar-refractivity contribution < 1.29 is 33.9 Å². The number of carboxylic acid groups (broad SMARTS) is 1. The van der Waals surface area contributed by atoms with E-state index in [4.69, 9.17) is 30.8 Å². The third kappa shape index (κ3) is 6.45. The zero-order chi connectivity index (χ0) is 28.7. The van der Waals surface area contributed by atoms with Gasteiger partial charge >= 0.3 is 0 Å². The first kappa shape index (κ1) is 28.7. The standard InChI is InChI=1S/C28H28ClN3O5.CH2O2/c1-36-22-9-5-19(6-10-22)25-14-24(31-37-25)27(35)30-16-28-12-2-3-20(28)15-32(17-28)26(34)11-7-18-4-8-21(33)13-23(18)29;2-1-3/h4-11,13-14,20,33H,2-3,12,15-17H2,1H3,(H,30,35);1H,(H,2,3)/b11-7+;/t20-,28-;/m0./s1. The molecule has 3 N–H and O–H groups in total. The number of likely N-dealkylation sites (tertiary alicyclic amines) is 1. The number of phenolic OH excluding ortho intramolecular Hbond substituents is 1. The molecule has 0 radical (unpaired) electrons. The number of rotatable bonds is 7. The van der Waals surface area contributed by atoms with E-state index >= 15 is 0 Å². The number of carbonyl (C=O) groups excluding carboxylic acids is 2. The van der Waals surface area contributed by atoms with Crippen LogP contribution in [0.1, 0.15) is 35.3 Å². The molecule has 2 aliphatic rings. The summed E-state index contributed by atoms with van der Waals surface area (Å²) in [4.78, 5) is 36.0. The molecule has 1 aliphatic heterocycles. The van der Waals surface area contributed by atoms with Gasteiger partial charge in [-0.25, -0.2) is 0 Å². The van der Waals surface area contributed by atoms with Crippen LogP contribution in [0.2, 0.25) is 5.02 Å². The molecule has 11 heteroatoms. The van der Waals surface area contributed by atoms with Crippen molar-refractivity contribution in [2.24, 2.45) is 11.3 Å². The van der Waals surface area contributed by atoms with E-state index in [-0.39, 0.29) is 35.1 Å². The van der Waals surface area contributed by atoms with Crippen LogP contribution in [0.15, 0.2) is 59.1 Å². The Morgan fingerprint density at radius 2 is 2.00 bits per heavy atom. The van der Waals surface area contributed by atoms with Gasteiger partial charge in [-0.3, -0.25) is 14.4 Å². The first-order chi connectivity index (χ1) is 19.3. The SMILES string of the molecule is COc1ccc(-c2cc(C(=O)NC[C@]34CCC[C@H]3CN(C(=O)/C=C/c3ccc(O)cc3Cl)C4)no2)cc1.O=CO. The van der Waals surface area contributed by atoms with Gasteiger partial charge in [0.05, 0.1) is 12.1 Å². The lowest BCUT2D eigenvalue weighted by Crippen LogP contribution is -2.41. The highest BCUT2D eigenvalue weighted by Gasteiger charge is 2.50. The maximum Gasteiger partial charge on any atom is 0.290 e.